The Hall–Kier alpha value is -8.39. The van der Waals surface area contributed by atoms with E-state index in [1.807, 2.05) is 42.5 Å². The highest BCUT2D eigenvalue weighted by atomic mass is 15.1. The van der Waals surface area contributed by atoms with Crippen LogP contribution in [-0.4, -0.2) is 27.4 Å². The SMILES string of the molecule is C#Cc1ccc2c(c1)c1cc(C#N)ccc1n2C(C)(C)C.CC(C)(C)n1c2ccccc2c2cccc(-n3c4ccccc4c4ccccc43)c21.CC(C)(C)n1cccc1.Cc1ccc(C)n1C(C)(C)C.Cc1ccc(C)n1C(C)(C)C. The number of aryl methyl sites for hydroxylation is 4. The van der Waals surface area contributed by atoms with Gasteiger partial charge in [-0.25, -0.2) is 0 Å². The summed E-state index contributed by atoms with van der Waals surface area (Å²) < 4.78 is 14.1. The van der Waals surface area contributed by atoms with Crippen LogP contribution in [0, 0.1) is 51.4 Å². The zero-order chi connectivity index (χ0) is 59.9. The lowest BCUT2D eigenvalue weighted by molar-refractivity contribution is 0.383. The van der Waals surface area contributed by atoms with Crippen LogP contribution < -0.4 is 0 Å². The fourth-order valence-corrected chi connectivity index (χ4v) is 12.2. The van der Waals surface area contributed by atoms with Crippen molar-refractivity contribution < 1.29 is 0 Å². The lowest BCUT2D eigenvalue weighted by Crippen LogP contribution is -2.23. The summed E-state index contributed by atoms with van der Waals surface area (Å²) in [4.78, 5) is 0. The van der Waals surface area contributed by atoms with Gasteiger partial charge in [0.2, 0.25) is 0 Å². The second-order valence-electron chi connectivity index (χ2n) is 26.8. The van der Waals surface area contributed by atoms with Crippen molar-refractivity contribution in [3.05, 3.63) is 210 Å². The minimum atomic E-state index is -0.0498. The molecule has 0 saturated heterocycles. The third-order valence-electron chi connectivity index (χ3n) is 15.2. The number of benzene rings is 6. The summed E-state index contributed by atoms with van der Waals surface area (Å²) >= 11 is 0. The Kier molecular flexibility index (Phi) is 16.7. The van der Waals surface area contributed by atoms with Crippen LogP contribution in [0.25, 0.3) is 71.1 Å². The molecule has 82 heavy (non-hydrogen) atoms. The van der Waals surface area contributed by atoms with Gasteiger partial charge in [0.05, 0.1) is 33.9 Å². The van der Waals surface area contributed by atoms with Crippen molar-refractivity contribution in [2.75, 3.05) is 0 Å². The molecule has 6 aromatic carbocycles. The van der Waals surface area contributed by atoms with E-state index in [-0.39, 0.29) is 27.7 Å². The van der Waals surface area contributed by atoms with Gasteiger partial charge in [-0.15, -0.1) is 6.42 Å². The van der Waals surface area contributed by atoms with E-state index >= 15 is 0 Å². The van der Waals surface area contributed by atoms with Gasteiger partial charge < -0.3 is 27.4 Å². The highest BCUT2D eigenvalue weighted by Crippen LogP contribution is 2.41. The lowest BCUT2D eigenvalue weighted by atomic mass is 10.1. The Morgan fingerprint density at radius 2 is 0.707 bits per heavy atom. The molecule has 0 atom stereocenters. The van der Waals surface area contributed by atoms with Crippen molar-refractivity contribution in [1.29, 1.82) is 5.26 Å². The molecule has 0 saturated carbocycles. The Morgan fingerprint density at radius 1 is 0.341 bits per heavy atom. The van der Waals surface area contributed by atoms with E-state index in [1.165, 1.54) is 72.1 Å². The standard InChI is InChI=1S/C28H24N2.C19H16N2.2C10H17N.C8H13N/c1-28(2,3)30-25-17-9-6-13-21(25)22-14-10-18-26(27(22)30)29-23-15-7-4-11-19(23)20-12-5-8-16-24(20)29;1-5-13-6-8-17-15(10-13)16-11-14(12-20)7-9-18(16)21(17)19(2,3)4;2*1-8-6-7-9(2)11(8)10(3,4)5;1-8(2,3)9-6-4-5-7-9/h4-18H,1-3H3;1,6-11H,2-4H3;2*6-7H,1-5H3;4-7H,1-3H3. The Labute approximate surface area is 489 Å². The molecule has 12 aromatic rings. The summed E-state index contributed by atoms with van der Waals surface area (Å²) in [5.41, 5.74) is 16.1. The molecule has 0 unspecified atom stereocenters. The number of nitriles is 1. The molecule has 7 nitrogen and oxygen atoms in total. The molecule has 6 aromatic heterocycles. The lowest BCUT2D eigenvalue weighted by Gasteiger charge is -2.25. The van der Waals surface area contributed by atoms with Crippen molar-refractivity contribution in [2.45, 2.75) is 159 Å². The summed E-state index contributed by atoms with van der Waals surface area (Å²) in [6, 6.07) is 59.8. The number of rotatable bonds is 1. The number of hydrogen-bond donors (Lipinski definition) is 0. The summed E-state index contributed by atoms with van der Waals surface area (Å²) in [6.45, 7) is 42.0. The van der Waals surface area contributed by atoms with Gasteiger partial charge in [0.1, 0.15) is 0 Å². The number of fused-ring (bicyclic) bond motifs is 9. The molecule has 12 rings (SSSR count). The van der Waals surface area contributed by atoms with Crippen molar-refractivity contribution in [3.63, 3.8) is 0 Å². The molecule has 6 heterocycles. The van der Waals surface area contributed by atoms with Crippen molar-refractivity contribution in [2.24, 2.45) is 0 Å². The quantitative estimate of drug-likeness (QED) is 0.151. The maximum absolute atomic E-state index is 9.15. The Morgan fingerprint density at radius 3 is 1.09 bits per heavy atom. The molecule has 0 radical (unpaired) electrons. The van der Waals surface area contributed by atoms with Crippen LogP contribution in [0.1, 0.15) is 138 Å². The van der Waals surface area contributed by atoms with Crippen LogP contribution in [0.5, 0.6) is 0 Å². The normalized spacial score (nSPS) is 12.1. The van der Waals surface area contributed by atoms with Gasteiger partial charge in [0, 0.05) is 117 Å². The fourth-order valence-electron chi connectivity index (χ4n) is 12.2. The summed E-state index contributed by atoms with van der Waals surface area (Å²) in [6.07, 6.45) is 9.69. The Balaban J connectivity index is 0.000000147. The van der Waals surface area contributed by atoms with Crippen molar-refractivity contribution >= 4 is 65.4 Å². The van der Waals surface area contributed by atoms with Gasteiger partial charge in [0.15, 0.2) is 0 Å². The number of hydrogen-bond acceptors (Lipinski definition) is 1. The summed E-state index contributed by atoms with van der Waals surface area (Å²) in [5, 5.41) is 16.5. The van der Waals surface area contributed by atoms with Gasteiger partial charge in [-0.05, 0) is 229 Å². The van der Waals surface area contributed by atoms with Gasteiger partial charge in [0.25, 0.3) is 0 Å². The fraction of sp³-hybridized carbons (Fsp3) is 0.320. The van der Waals surface area contributed by atoms with Crippen LogP contribution in [0.3, 0.4) is 0 Å². The van der Waals surface area contributed by atoms with E-state index in [2.05, 4.69) is 305 Å². The molecule has 0 amide bonds. The van der Waals surface area contributed by atoms with Gasteiger partial charge in [-0.3, -0.25) is 0 Å². The predicted octanol–water partition coefficient (Wildman–Crippen LogP) is 20.0. The zero-order valence-electron chi connectivity index (χ0n) is 52.5. The second-order valence-corrected chi connectivity index (χ2v) is 26.8. The first kappa shape index (κ1) is 59.7. The van der Waals surface area contributed by atoms with Gasteiger partial charge in [-0.1, -0.05) is 72.7 Å². The molecule has 422 valence electrons. The molecule has 7 heteroatoms. The first-order valence-electron chi connectivity index (χ1n) is 28.9. The molecule has 0 fully saturated rings. The summed E-state index contributed by atoms with van der Waals surface area (Å²) in [5.74, 6) is 2.69. The van der Waals surface area contributed by atoms with E-state index in [0.717, 1.165) is 27.4 Å². The number of aromatic nitrogens is 6. The van der Waals surface area contributed by atoms with E-state index in [1.54, 1.807) is 0 Å². The topological polar surface area (TPSA) is 53.4 Å². The number of nitrogens with zero attached hydrogens (tertiary/aromatic N) is 7. The third kappa shape index (κ3) is 12.1. The molecule has 0 aliphatic heterocycles. The minimum Gasteiger partial charge on any atom is -0.349 e. The molecule has 0 bridgehead atoms. The zero-order valence-corrected chi connectivity index (χ0v) is 52.5. The van der Waals surface area contributed by atoms with E-state index in [9.17, 15) is 0 Å². The van der Waals surface area contributed by atoms with Gasteiger partial charge >= 0.3 is 0 Å². The van der Waals surface area contributed by atoms with Crippen molar-refractivity contribution in [3.8, 4) is 24.1 Å². The maximum Gasteiger partial charge on any atom is 0.0991 e. The highest BCUT2D eigenvalue weighted by molar-refractivity contribution is 6.14. The van der Waals surface area contributed by atoms with E-state index < -0.39 is 0 Å². The molecule has 0 spiro atoms. The highest BCUT2D eigenvalue weighted by Gasteiger charge is 2.25. The van der Waals surface area contributed by atoms with Crippen LogP contribution >= 0.6 is 0 Å². The average molecular weight is 1090 g/mol. The minimum absolute atomic E-state index is 0.0454. The van der Waals surface area contributed by atoms with Crippen LogP contribution in [0.4, 0.5) is 0 Å². The third-order valence-corrected chi connectivity index (χ3v) is 15.2. The largest absolute Gasteiger partial charge is 0.349 e. The first-order chi connectivity index (χ1) is 38.5. The summed E-state index contributed by atoms with van der Waals surface area (Å²) in [7, 11) is 0. The van der Waals surface area contributed by atoms with Crippen LogP contribution in [0.15, 0.2) is 176 Å². The molecule has 0 aliphatic carbocycles. The van der Waals surface area contributed by atoms with E-state index in [4.69, 9.17) is 11.7 Å². The molecule has 0 aliphatic rings. The average Bonchev–Trinajstić information content (AvgIpc) is 2.10. The van der Waals surface area contributed by atoms with Crippen molar-refractivity contribution in [1.82, 2.24) is 27.4 Å². The molecular formula is C75H87N7. The molecule has 0 N–H and O–H groups in total. The second kappa shape index (κ2) is 22.9. The smallest absolute Gasteiger partial charge is 0.0991 e. The van der Waals surface area contributed by atoms with E-state index in [0.29, 0.717) is 5.56 Å². The number of para-hydroxylation sites is 4. The first-order valence-corrected chi connectivity index (χ1v) is 28.9. The maximum atomic E-state index is 9.15. The van der Waals surface area contributed by atoms with Crippen LogP contribution in [0.2, 0.25) is 0 Å². The number of terminal acetylenes is 1. The molecular weight excluding hydrogens is 999 g/mol. The monoisotopic (exact) mass is 1090 g/mol. The van der Waals surface area contributed by atoms with Gasteiger partial charge in [-0.2, -0.15) is 5.26 Å². The Bertz CT molecular complexity index is 4070. The predicted molar refractivity (Wildman–Crippen MR) is 353 cm³/mol. The van der Waals surface area contributed by atoms with Crippen LogP contribution in [-0.2, 0) is 27.7 Å².